The van der Waals surface area contributed by atoms with E-state index >= 15 is 0 Å². The topological polar surface area (TPSA) is 51.8 Å². The predicted molar refractivity (Wildman–Crippen MR) is 61.9 cm³/mol. The molecule has 1 aromatic carbocycles. The first kappa shape index (κ1) is 10.2. The van der Waals surface area contributed by atoms with Crippen molar-refractivity contribution in [3.05, 3.63) is 40.6 Å². The van der Waals surface area contributed by atoms with Crippen LogP contribution >= 0.6 is 23.2 Å². The van der Waals surface area contributed by atoms with Crippen LogP contribution in [0.2, 0.25) is 10.0 Å². The van der Waals surface area contributed by atoms with Gasteiger partial charge in [0, 0.05) is 23.5 Å². The quantitative estimate of drug-likeness (QED) is 0.833. The Balaban J connectivity index is 2.58. The summed E-state index contributed by atoms with van der Waals surface area (Å²) in [6.07, 6.45) is 3.19. The van der Waals surface area contributed by atoms with Crippen LogP contribution < -0.4 is 5.73 Å². The number of rotatable bonds is 1. The Morgan fingerprint density at radius 3 is 2.07 bits per heavy atom. The molecule has 0 bridgehead atoms. The summed E-state index contributed by atoms with van der Waals surface area (Å²) < 4.78 is 0. The Bertz CT molecular complexity index is 462. The van der Waals surface area contributed by atoms with E-state index < -0.39 is 0 Å². The highest BCUT2D eigenvalue weighted by Gasteiger charge is 2.08. The molecule has 15 heavy (non-hydrogen) atoms. The molecule has 0 fully saturated rings. The molecule has 1 aromatic heterocycles. The third-order valence-corrected chi connectivity index (χ3v) is 2.55. The average molecular weight is 240 g/mol. The van der Waals surface area contributed by atoms with Crippen LogP contribution in [0, 0.1) is 0 Å². The third kappa shape index (κ3) is 2.03. The average Bonchev–Trinajstić information content (AvgIpc) is 2.20. The highest BCUT2D eigenvalue weighted by molar-refractivity contribution is 6.39. The van der Waals surface area contributed by atoms with Crippen molar-refractivity contribution in [1.29, 1.82) is 0 Å². The first-order valence-electron chi connectivity index (χ1n) is 4.20. The lowest BCUT2D eigenvalue weighted by molar-refractivity contribution is 1.19. The number of halogens is 2. The molecule has 0 saturated carbocycles. The zero-order valence-electron chi connectivity index (χ0n) is 7.61. The van der Waals surface area contributed by atoms with Crippen molar-refractivity contribution in [1.82, 2.24) is 9.97 Å². The first-order valence-corrected chi connectivity index (χ1v) is 4.96. The van der Waals surface area contributed by atoms with Gasteiger partial charge in [-0.15, -0.1) is 0 Å². The molecular formula is C10H7Cl2N3. The monoisotopic (exact) mass is 239 g/mol. The minimum atomic E-state index is 0.224. The number of hydrogen-bond acceptors (Lipinski definition) is 3. The summed E-state index contributed by atoms with van der Waals surface area (Å²) in [4.78, 5) is 7.77. The lowest BCUT2D eigenvalue weighted by Crippen LogP contribution is -1.94. The maximum absolute atomic E-state index is 6.03. The van der Waals surface area contributed by atoms with E-state index in [1.54, 1.807) is 30.6 Å². The summed E-state index contributed by atoms with van der Waals surface area (Å²) in [6, 6.07) is 5.31. The van der Waals surface area contributed by atoms with Gasteiger partial charge in [0.15, 0.2) is 0 Å². The van der Waals surface area contributed by atoms with Gasteiger partial charge >= 0.3 is 0 Å². The number of aromatic nitrogens is 2. The molecule has 2 rings (SSSR count). The number of nitrogens with two attached hydrogens (primary N) is 1. The van der Waals surface area contributed by atoms with Gasteiger partial charge in [-0.2, -0.15) is 0 Å². The number of nitrogen functional groups attached to an aromatic ring is 1. The van der Waals surface area contributed by atoms with Crippen molar-refractivity contribution in [2.24, 2.45) is 0 Å². The molecule has 0 aliphatic carbocycles. The summed E-state index contributed by atoms with van der Waals surface area (Å²) >= 11 is 12.1. The van der Waals surface area contributed by atoms with E-state index in [1.807, 2.05) is 0 Å². The smallest absolute Gasteiger partial charge is 0.219 e. The van der Waals surface area contributed by atoms with E-state index in [4.69, 9.17) is 28.9 Å². The predicted octanol–water partition coefficient (Wildman–Crippen LogP) is 3.03. The molecule has 3 nitrogen and oxygen atoms in total. The van der Waals surface area contributed by atoms with Crippen LogP contribution in [0.15, 0.2) is 30.6 Å². The molecule has 5 heteroatoms. The molecule has 2 N–H and O–H groups in total. The maximum atomic E-state index is 6.03. The first-order chi connectivity index (χ1) is 7.18. The zero-order valence-corrected chi connectivity index (χ0v) is 9.13. The molecule has 0 aliphatic heterocycles. The van der Waals surface area contributed by atoms with Crippen molar-refractivity contribution < 1.29 is 0 Å². The van der Waals surface area contributed by atoms with Gasteiger partial charge in [0.05, 0.1) is 10.0 Å². The van der Waals surface area contributed by atoms with Gasteiger partial charge in [-0.3, -0.25) is 0 Å². The minimum Gasteiger partial charge on any atom is -0.368 e. The molecule has 2 aromatic rings. The fraction of sp³-hybridized carbons (Fsp3) is 0. The second-order valence-electron chi connectivity index (χ2n) is 2.93. The van der Waals surface area contributed by atoms with Crippen LogP contribution in [0.5, 0.6) is 0 Å². The summed E-state index contributed by atoms with van der Waals surface area (Å²) in [5, 5.41) is 1.13. The van der Waals surface area contributed by atoms with Crippen LogP contribution in [0.1, 0.15) is 0 Å². The Morgan fingerprint density at radius 2 is 1.53 bits per heavy atom. The highest BCUT2D eigenvalue weighted by atomic mass is 35.5. The standard InChI is InChI=1S/C10H7Cl2N3/c11-7-2-1-3-8(12)9(7)6-4-14-10(13)15-5-6/h1-5H,(H2,13,14,15). The number of benzene rings is 1. The van der Waals surface area contributed by atoms with Crippen molar-refractivity contribution in [3.8, 4) is 11.1 Å². The van der Waals surface area contributed by atoms with E-state index in [0.717, 1.165) is 11.1 Å². The van der Waals surface area contributed by atoms with Gasteiger partial charge < -0.3 is 5.73 Å². The van der Waals surface area contributed by atoms with Gasteiger partial charge in [-0.05, 0) is 12.1 Å². The molecule has 0 atom stereocenters. The van der Waals surface area contributed by atoms with Crippen LogP contribution in [-0.4, -0.2) is 9.97 Å². The second-order valence-corrected chi connectivity index (χ2v) is 3.74. The highest BCUT2D eigenvalue weighted by Crippen LogP contribution is 2.33. The van der Waals surface area contributed by atoms with E-state index in [1.165, 1.54) is 0 Å². The molecule has 0 unspecified atom stereocenters. The van der Waals surface area contributed by atoms with E-state index in [2.05, 4.69) is 9.97 Å². The number of hydrogen-bond donors (Lipinski definition) is 1. The molecule has 0 amide bonds. The molecule has 0 radical (unpaired) electrons. The maximum Gasteiger partial charge on any atom is 0.219 e. The van der Waals surface area contributed by atoms with E-state index in [-0.39, 0.29) is 5.95 Å². The summed E-state index contributed by atoms with van der Waals surface area (Å²) in [5.41, 5.74) is 6.87. The van der Waals surface area contributed by atoms with Crippen molar-refractivity contribution in [2.45, 2.75) is 0 Å². The number of anilines is 1. The zero-order chi connectivity index (χ0) is 10.8. The van der Waals surface area contributed by atoms with E-state index in [0.29, 0.717) is 10.0 Å². The molecule has 76 valence electrons. The molecular weight excluding hydrogens is 233 g/mol. The third-order valence-electron chi connectivity index (χ3n) is 1.92. The fourth-order valence-electron chi connectivity index (χ4n) is 1.24. The Labute approximate surface area is 96.9 Å². The molecule has 0 saturated heterocycles. The van der Waals surface area contributed by atoms with Gasteiger partial charge in [0.1, 0.15) is 0 Å². The van der Waals surface area contributed by atoms with E-state index in [9.17, 15) is 0 Å². The lowest BCUT2D eigenvalue weighted by atomic mass is 10.1. The van der Waals surface area contributed by atoms with Gasteiger partial charge in [-0.1, -0.05) is 29.3 Å². The minimum absolute atomic E-state index is 0.224. The summed E-state index contributed by atoms with van der Waals surface area (Å²) in [5.74, 6) is 0.224. The van der Waals surface area contributed by atoms with Gasteiger partial charge in [0.2, 0.25) is 5.95 Å². The molecule has 0 spiro atoms. The Kier molecular flexibility index (Phi) is 2.75. The van der Waals surface area contributed by atoms with Crippen molar-refractivity contribution >= 4 is 29.2 Å². The normalized spacial score (nSPS) is 10.3. The van der Waals surface area contributed by atoms with Gasteiger partial charge in [-0.25, -0.2) is 9.97 Å². The van der Waals surface area contributed by atoms with Crippen LogP contribution in [-0.2, 0) is 0 Å². The Hall–Kier alpha value is -1.32. The number of nitrogens with zero attached hydrogens (tertiary/aromatic N) is 2. The Morgan fingerprint density at radius 1 is 1.00 bits per heavy atom. The molecule has 0 aliphatic rings. The van der Waals surface area contributed by atoms with Crippen LogP contribution in [0.25, 0.3) is 11.1 Å². The lowest BCUT2D eigenvalue weighted by Gasteiger charge is -2.05. The van der Waals surface area contributed by atoms with Crippen molar-refractivity contribution in [2.75, 3.05) is 5.73 Å². The van der Waals surface area contributed by atoms with Crippen LogP contribution in [0.4, 0.5) is 5.95 Å². The second kappa shape index (κ2) is 4.04. The van der Waals surface area contributed by atoms with Crippen molar-refractivity contribution in [3.63, 3.8) is 0 Å². The fourth-order valence-corrected chi connectivity index (χ4v) is 1.86. The SMILES string of the molecule is Nc1ncc(-c2c(Cl)cccc2Cl)cn1. The summed E-state index contributed by atoms with van der Waals surface area (Å²) in [6.45, 7) is 0. The summed E-state index contributed by atoms with van der Waals surface area (Å²) in [7, 11) is 0. The van der Waals surface area contributed by atoms with Crippen LogP contribution in [0.3, 0.4) is 0 Å². The molecule has 1 heterocycles. The largest absolute Gasteiger partial charge is 0.368 e. The van der Waals surface area contributed by atoms with Gasteiger partial charge in [0.25, 0.3) is 0 Å².